The van der Waals surface area contributed by atoms with E-state index in [4.69, 9.17) is 14.4 Å². The number of ether oxygens (including phenoxy) is 1. The van der Waals surface area contributed by atoms with Crippen molar-refractivity contribution in [2.75, 3.05) is 38.7 Å². The number of rotatable bonds is 8. The largest absolute Gasteiger partial charge is 0.480 e. The normalized spacial score (nSPS) is 10.7. The Balaban J connectivity index is 2.47. The summed E-state index contributed by atoms with van der Waals surface area (Å²) >= 11 is 0. The third-order valence-corrected chi connectivity index (χ3v) is 2.23. The van der Waals surface area contributed by atoms with E-state index >= 15 is 0 Å². The monoisotopic (exact) mass is 271 g/mol. The van der Waals surface area contributed by atoms with Crippen LogP contribution in [-0.2, 0) is 14.3 Å². The lowest BCUT2D eigenvalue weighted by Gasteiger charge is -2.18. The number of carbonyl (C=O) groups is 2. The molecule has 8 heteroatoms. The van der Waals surface area contributed by atoms with Crippen LogP contribution in [0.1, 0.15) is 5.69 Å². The van der Waals surface area contributed by atoms with Crippen molar-refractivity contribution in [1.82, 2.24) is 10.1 Å². The Bertz CT molecular complexity index is 432. The van der Waals surface area contributed by atoms with E-state index in [1.165, 1.54) is 12.0 Å². The molecule has 106 valence electrons. The summed E-state index contributed by atoms with van der Waals surface area (Å²) in [6.07, 6.45) is 0. The minimum Gasteiger partial charge on any atom is -0.480 e. The Morgan fingerprint density at radius 2 is 2.26 bits per heavy atom. The van der Waals surface area contributed by atoms with Crippen LogP contribution in [0.5, 0.6) is 0 Å². The fraction of sp³-hybridized carbons (Fsp3) is 0.545. The predicted octanol–water partition coefficient (Wildman–Crippen LogP) is -0.0455. The Morgan fingerprint density at radius 1 is 1.53 bits per heavy atom. The molecule has 0 fully saturated rings. The molecule has 2 N–H and O–H groups in total. The second-order valence-corrected chi connectivity index (χ2v) is 3.98. The zero-order chi connectivity index (χ0) is 14.3. The first-order valence-corrected chi connectivity index (χ1v) is 5.67. The van der Waals surface area contributed by atoms with Crippen molar-refractivity contribution in [2.45, 2.75) is 6.92 Å². The van der Waals surface area contributed by atoms with E-state index in [1.807, 2.05) is 0 Å². The Labute approximate surface area is 110 Å². The zero-order valence-electron chi connectivity index (χ0n) is 10.9. The van der Waals surface area contributed by atoms with Crippen molar-refractivity contribution >= 4 is 17.8 Å². The van der Waals surface area contributed by atoms with E-state index in [0.29, 0.717) is 18.8 Å². The smallest absolute Gasteiger partial charge is 0.317 e. The lowest BCUT2D eigenvalue weighted by molar-refractivity contribution is -0.138. The van der Waals surface area contributed by atoms with Crippen LogP contribution in [0.4, 0.5) is 5.88 Å². The molecule has 0 atom stereocenters. The molecule has 0 aliphatic rings. The van der Waals surface area contributed by atoms with Gasteiger partial charge in [0.15, 0.2) is 0 Å². The third-order valence-electron chi connectivity index (χ3n) is 2.23. The number of carboxylic acid groups (broad SMARTS) is 1. The maximum absolute atomic E-state index is 11.7. The maximum atomic E-state index is 11.7. The van der Waals surface area contributed by atoms with E-state index in [2.05, 4.69) is 10.5 Å². The standard InChI is InChI=1S/C11H17N3O5/c1-8-5-10(19-13-8)12-9(15)6-14(3-4-18-2)7-11(16)17/h5H,3-4,6-7H2,1-2H3,(H,12,15)(H,16,17). The number of nitrogens with zero attached hydrogens (tertiary/aromatic N) is 2. The van der Waals surface area contributed by atoms with Gasteiger partial charge in [-0.2, -0.15) is 0 Å². The molecule has 1 heterocycles. The number of anilines is 1. The van der Waals surface area contributed by atoms with E-state index in [0.717, 1.165) is 0 Å². The molecule has 1 rings (SSSR count). The van der Waals surface area contributed by atoms with Crippen molar-refractivity contribution in [3.8, 4) is 0 Å². The first kappa shape index (κ1) is 15.1. The summed E-state index contributed by atoms with van der Waals surface area (Å²) in [4.78, 5) is 23.8. The second-order valence-electron chi connectivity index (χ2n) is 3.98. The minimum atomic E-state index is -1.00. The Kier molecular flexibility index (Phi) is 5.97. The first-order chi connectivity index (χ1) is 9.01. The van der Waals surface area contributed by atoms with Crippen molar-refractivity contribution in [3.63, 3.8) is 0 Å². The molecule has 0 saturated carbocycles. The number of aryl methyl sites for hydroxylation is 1. The average molecular weight is 271 g/mol. The first-order valence-electron chi connectivity index (χ1n) is 5.67. The van der Waals surface area contributed by atoms with Crippen LogP contribution in [0.15, 0.2) is 10.6 Å². The van der Waals surface area contributed by atoms with Gasteiger partial charge >= 0.3 is 5.97 Å². The molecule has 1 aromatic rings. The molecule has 0 saturated heterocycles. The summed E-state index contributed by atoms with van der Waals surface area (Å²) in [5.41, 5.74) is 0.650. The molecule has 8 nitrogen and oxygen atoms in total. The molecule has 19 heavy (non-hydrogen) atoms. The fourth-order valence-electron chi connectivity index (χ4n) is 1.43. The molecular weight excluding hydrogens is 254 g/mol. The van der Waals surface area contributed by atoms with Crippen LogP contribution < -0.4 is 5.32 Å². The van der Waals surface area contributed by atoms with Gasteiger partial charge in [0.1, 0.15) is 0 Å². The molecule has 0 radical (unpaired) electrons. The van der Waals surface area contributed by atoms with Gasteiger partial charge in [-0.15, -0.1) is 0 Å². The summed E-state index contributed by atoms with van der Waals surface area (Å²) in [6.45, 7) is 2.14. The van der Waals surface area contributed by atoms with Gasteiger partial charge in [0.05, 0.1) is 25.4 Å². The zero-order valence-corrected chi connectivity index (χ0v) is 10.9. The molecule has 0 aliphatic heterocycles. The maximum Gasteiger partial charge on any atom is 0.317 e. The number of amides is 1. The SMILES string of the molecule is COCCN(CC(=O)O)CC(=O)Nc1cc(C)no1. The van der Waals surface area contributed by atoms with Gasteiger partial charge in [-0.1, -0.05) is 5.16 Å². The van der Waals surface area contributed by atoms with Crippen molar-refractivity contribution in [3.05, 3.63) is 11.8 Å². The predicted molar refractivity (Wildman–Crippen MR) is 65.8 cm³/mol. The molecule has 0 bridgehead atoms. The van der Waals surface area contributed by atoms with Crippen LogP contribution in [0.25, 0.3) is 0 Å². The highest BCUT2D eigenvalue weighted by molar-refractivity contribution is 5.91. The highest BCUT2D eigenvalue weighted by Gasteiger charge is 2.15. The van der Waals surface area contributed by atoms with Crippen LogP contribution in [-0.4, -0.2) is 60.4 Å². The summed E-state index contributed by atoms with van der Waals surface area (Å²) in [5, 5.41) is 14.9. The highest BCUT2D eigenvalue weighted by atomic mass is 16.5. The Hall–Kier alpha value is -1.93. The molecule has 1 amide bonds. The number of carbonyl (C=O) groups excluding carboxylic acids is 1. The molecule has 0 spiro atoms. The van der Waals surface area contributed by atoms with Gasteiger partial charge in [0, 0.05) is 19.7 Å². The minimum absolute atomic E-state index is 0.0601. The number of methoxy groups -OCH3 is 1. The lowest BCUT2D eigenvalue weighted by atomic mass is 10.4. The van der Waals surface area contributed by atoms with E-state index < -0.39 is 5.97 Å². The number of carboxylic acids is 1. The van der Waals surface area contributed by atoms with Gasteiger partial charge in [0.25, 0.3) is 0 Å². The van der Waals surface area contributed by atoms with E-state index in [1.54, 1.807) is 13.0 Å². The van der Waals surface area contributed by atoms with Gasteiger partial charge in [0.2, 0.25) is 11.8 Å². The Morgan fingerprint density at radius 3 is 2.79 bits per heavy atom. The number of aromatic nitrogens is 1. The highest BCUT2D eigenvalue weighted by Crippen LogP contribution is 2.07. The van der Waals surface area contributed by atoms with Crippen LogP contribution in [0, 0.1) is 6.92 Å². The molecule has 0 unspecified atom stereocenters. The number of hydrogen-bond acceptors (Lipinski definition) is 6. The van der Waals surface area contributed by atoms with Gasteiger partial charge in [-0.25, -0.2) is 0 Å². The summed E-state index contributed by atoms with van der Waals surface area (Å²) < 4.78 is 9.70. The third kappa shape index (κ3) is 5.98. The van der Waals surface area contributed by atoms with Crippen LogP contribution in [0.3, 0.4) is 0 Å². The summed E-state index contributed by atoms with van der Waals surface area (Å²) in [7, 11) is 1.51. The van der Waals surface area contributed by atoms with Gasteiger partial charge in [-0.3, -0.25) is 19.8 Å². The molecule has 1 aromatic heterocycles. The van der Waals surface area contributed by atoms with Gasteiger partial charge in [-0.05, 0) is 6.92 Å². The molecule has 0 aliphatic carbocycles. The van der Waals surface area contributed by atoms with Gasteiger partial charge < -0.3 is 14.4 Å². The number of aliphatic carboxylic acids is 1. The average Bonchev–Trinajstić information content (AvgIpc) is 2.70. The summed E-state index contributed by atoms with van der Waals surface area (Å²) in [6, 6.07) is 1.58. The number of hydrogen-bond donors (Lipinski definition) is 2. The van der Waals surface area contributed by atoms with Crippen molar-refractivity contribution in [2.24, 2.45) is 0 Å². The van der Waals surface area contributed by atoms with Crippen molar-refractivity contribution in [1.29, 1.82) is 0 Å². The van der Waals surface area contributed by atoms with E-state index in [9.17, 15) is 9.59 Å². The van der Waals surface area contributed by atoms with E-state index in [-0.39, 0.29) is 24.9 Å². The lowest BCUT2D eigenvalue weighted by Crippen LogP contribution is -2.38. The molecular formula is C11H17N3O5. The van der Waals surface area contributed by atoms with Crippen LogP contribution in [0.2, 0.25) is 0 Å². The quantitative estimate of drug-likeness (QED) is 0.683. The second kappa shape index (κ2) is 7.49. The fourth-order valence-corrected chi connectivity index (χ4v) is 1.43. The number of nitrogens with one attached hydrogen (secondary N) is 1. The molecule has 0 aromatic carbocycles. The van der Waals surface area contributed by atoms with Crippen LogP contribution >= 0.6 is 0 Å². The topological polar surface area (TPSA) is 105 Å². The van der Waals surface area contributed by atoms with Crippen molar-refractivity contribution < 1.29 is 24.0 Å². The summed E-state index contributed by atoms with van der Waals surface area (Å²) in [5.74, 6) is -1.13.